The van der Waals surface area contributed by atoms with Crippen LogP contribution in [0.1, 0.15) is 18.4 Å². The van der Waals surface area contributed by atoms with E-state index in [2.05, 4.69) is 20.7 Å². The van der Waals surface area contributed by atoms with Gasteiger partial charge in [0.2, 0.25) is 0 Å². The van der Waals surface area contributed by atoms with Gasteiger partial charge >= 0.3 is 10.2 Å². The molecule has 1 aliphatic heterocycles. The standard InChI is InChI=1S/C11H12BrN3O2S/c12-10-7-9(8-13)3-4-11(10)14-18(16,17)15-5-1-2-6-15/h3-4,7,14H,1-2,5-6H2. The van der Waals surface area contributed by atoms with Gasteiger partial charge in [0, 0.05) is 17.6 Å². The Balaban J connectivity index is 2.21. The fraction of sp³-hybridized carbons (Fsp3) is 0.364. The quantitative estimate of drug-likeness (QED) is 0.922. The zero-order chi connectivity index (χ0) is 13.2. The summed E-state index contributed by atoms with van der Waals surface area (Å²) in [5.74, 6) is 0. The first-order chi connectivity index (χ1) is 8.53. The van der Waals surface area contributed by atoms with Gasteiger partial charge in [0.1, 0.15) is 0 Å². The van der Waals surface area contributed by atoms with E-state index in [1.807, 2.05) is 6.07 Å². The monoisotopic (exact) mass is 329 g/mol. The van der Waals surface area contributed by atoms with Gasteiger partial charge < -0.3 is 0 Å². The van der Waals surface area contributed by atoms with Crippen LogP contribution in [0.15, 0.2) is 22.7 Å². The first-order valence-electron chi connectivity index (χ1n) is 5.50. The minimum absolute atomic E-state index is 0.445. The fourth-order valence-corrected chi connectivity index (χ4v) is 3.73. The summed E-state index contributed by atoms with van der Waals surface area (Å²) in [5, 5.41) is 8.74. The summed E-state index contributed by atoms with van der Waals surface area (Å²) in [6.45, 7) is 1.12. The highest BCUT2D eigenvalue weighted by molar-refractivity contribution is 9.10. The zero-order valence-corrected chi connectivity index (χ0v) is 12.0. The van der Waals surface area contributed by atoms with E-state index in [-0.39, 0.29) is 0 Å². The third-order valence-corrected chi connectivity index (χ3v) is 4.92. The Kier molecular flexibility index (Phi) is 3.90. The van der Waals surface area contributed by atoms with Crippen molar-refractivity contribution in [3.8, 4) is 6.07 Å². The van der Waals surface area contributed by atoms with Crippen LogP contribution in [0, 0.1) is 11.3 Å². The molecule has 2 rings (SSSR count). The van der Waals surface area contributed by atoms with Crippen molar-refractivity contribution in [2.45, 2.75) is 12.8 Å². The zero-order valence-electron chi connectivity index (χ0n) is 9.56. The minimum atomic E-state index is -3.48. The predicted molar refractivity (Wildman–Crippen MR) is 72.2 cm³/mol. The van der Waals surface area contributed by atoms with Crippen molar-refractivity contribution < 1.29 is 8.42 Å². The lowest BCUT2D eigenvalue weighted by Gasteiger charge is -2.17. The van der Waals surface area contributed by atoms with Crippen molar-refractivity contribution >= 4 is 31.8 Å². The second-order valence-electron chi connectivity index (χ2n) is 4.02. The minimum Gasteiger partial charge on any atom is -0.270 e. The van der Waals surface area contributed by atoms with Crippen LogP contribution >= 0.6 is 15.9 Å². The molecule has 96 valence electrons. The van der Waals surface area contributed by atoms with E-state index in [0.717, 1.165) is 12.8 Å². The molecule has 1 fully saturated rings. The summed E-state index contributed by atoms with van der Waals surface area (Å²) in [4.78, 5) is 0. The highest BCUT2D eigenvalue weighted by Gasteiger charge is 2.25. The lowest BCUT2D eigenvalue weighted by molar-refractivity contribution is 0.482. The highest BCUT2D eigenvalue weighted by atomic mass is 79.9. The summed E-state index contributed by atoms with van der Waals surface area (Å²) in [5.41, 5.74) is 0.923. The topological polar surface area (TPSA) is 73.2 Å². The van der Waals surface area contributed by atoms with Gasteiger partial charge in [-0.15, -0.1) is 0 Å². The van der Waals surface area contributed by atoms with Crippen LogP contribution in [0.2, 0.25) is 0 Å². The molecule has 0 saturated carbocycles. The number of benzene rings is 1. The van der Waals surface area contributed by atoms with Gasteiger partial charge in [0.05, 0.1) is 17.3 Å². The molecule has 0 aliphatic carbocycles. The Bertz CT molecular complexity index is 589. The first-order valence-corrected chi connectivity index (χ1v) is 7.74. The summed E-state index contributed by atoms with van der Waals surface area (Å²) in [6, 6.07) is 6.74. The molecule has 1 heterocycles. The van der Waals surface area contributed by atoms with E-state index in [9.17, 15) is 8.42 Å². The molecule has 1 aromatic rings. The molecular formula is C11H12BrN3O2S. The van der Waals surface area contributed by atoms with Crippen LogP contribution in [-0.4, -0.2) is 25.8 Å². The Morgan fingerprint density at radius 2 is 2.00 bits per heavy atom. The van der Waals surface area contributed by atoms with E-state index in [4.69, 9.17) is 5.26 Å². The van der Waals surface area contributed by atoms with Crippen molar-refractivity contribution in [3.63, 3.8) is 0 Å². The van der Waals surface area contributed by atoms with Crippen LogP contribution in [0.25, 0.3) is 0 Å². The maximum absolute atomic E-state index is 12.0. The van der Waals surface area contributed by atoms with Gasteiger partial charge in [-0.25, -0.2) is 0 Å². The largest absolute Gasteiger partial charge is 0.301 e. The Labute approximate surface area is 115 Å². The molecule has 1 aromatic carbocycles. The third-order valence-electron chi connectivity index (χ3n) is 2.74. The van der Waals surface area contributed by atoms with Crippen molar-refractivity contribution in [2.24, 2.45) is 0 Å². The maximum atomic E-state index is 12.0. The number of hydrogen-bond acceptors (Lipinski definition) is 3. The van der Waals surface area contributed by atoms with Gasteiger partial charge in [0.15, 0.2) is 0 Å². The molecule has 1 aliphatic rings. The van der Waals surface area contributed by atoms with Crippen molar-refractivity contribution in [3.05, 3.63) is 28.2 Å². The van der Waals surface area contributed by atoms with Crippen LogP contribution < -0.4 is 4.72 Å². The van der Waals surface area contributed by atoms with Crippen molar-refractivity contribution in [2.75, 3.05) is 17.8 Å². The number of nitrogens with one attached hydrogen (secondary N) is 1. The second kappa shape index (κ2) is 5.26. The normalized spacial score (nSPS) is 16.4. The number of anilines is 1. The number of nitrogens with zero attached hydrogens (tertiary/aromatic N) is 2. The molecule has 0 bridgehead atoms. The maximum Gasteiger partial charge on any atom is 0.301 e. The van der Waals surface area contributed by atoms with E-state index in [1.165, 1.54) is 4.31 Å². The summed E-state index contributed by atoms with van der Waals surface area (Å²) >= 11 is 3.25. The lowest BCUT2D eigenvalue weighted by atomic mass is 10.2. The third kappa shape index (κ3) is 2.83. The van der Waals surface area contributed by atoms with Crippen LogP contribution in [0.3, 0.4) is 0 Å². The molecule has 0 radical (unpaired) electrons. The number of halogens is 1. The molecule has 1 N–H and O–H groups in total. The highest BCUT2D eigenvalue weighted by Crippen LogP contribution is 2.25. The Morgan fingerprint density at radius 3 is 2.56 bits per heavy atom. The number of rotatable bonds is 3. The van der Waals surface area contributed by atoms with E-state index >= 15 is 0 Å². The molecule has 1 saturated heterocycles. The van der Waals surface area contributed by atoms with Crippen molar-refractivity contribution in [1.82, 2.24) is 4.31 Å². The van der Waals surface area contributed by atoms with Crippen LogP contribution in [-0.2, 0) is 10.2 Å². The van der Waals surface area contributed by atoms with Crippen LogP contribution in [0.4, 0.5) is 5.69 Å². The average molecular weight is 330 g/mol. The van der Waals surface area contributed by atoms with E-state index in [0.29, 0.717) is 28.8 Å². The summed E-state index contributed by atoms with van der Waals surface area (Å²) in [6.07, 6.45) is 1.80. The predicted octanol–water partition coefficient (Wildman–Crippen LogP) is 2.07. The smallest absolute Gasteiger partial charge is 0.270 e. The number of hydrogen-bond donors (Lipinski definition) is 1. The molecule has 0 amide bonds. The van der Waals surface area contributed by atoms with Crippen molar-refractivity contribution in [1.29, 1.82) is 5.26 Å². The molecule has 18 heavy (non-hydrogen) atoms. The molecule has 5 nitrogen and oxygen atoms in total. The van der Waals surface area contributed by atoms with Gasteiger partial charge in [-0.1, -0.05) is 0 Å². The Morgan fingerprint density at radius 1 is 1.33 bits per heavy atom. The average Bonchev–Trinajstić information content (AvgIpc) is 2.86. The van der Waals surface area contributed by atoms with E-state index in [1.54, 1.807) is 18.2 Å². The molecule has 0 spiro atoms. The van der Waals surface area contributed by atoms with E-state index < -0.39 is 10.2 Å². The first kappa shape index (κ1) is 13.3. The summed E-state index contributed by atoms with van der Waals surface area (Å²) in [7, 11) is -3.48. The Hall–Kier alpha value is -1.10. The number of nitriles is 1. The van der Waals surface area contributed by atoms with Gasteiger partial charge in [-0.05, 0) is 47.0 Å². The molecule has 0 atom stereocenters. The molecule has 0 unspecified atom stereocenters. The second-order valence-corrected chi connectivity index (χ2v) is 6.54. The summed E-state index contributed by atoms with van der Waals surface area (Å²) < 4.78 is 28.6. The van der Waals surface area contributed by atoms with Gasteiger partial charge in [-0.2, -0.15) is 18.0 Å². The molecule has 7 heteroatoms. The lowest BCUT2D eigenvalue weighted by Crippen LogP contribution is -2.33. The SMILES string of the molecule is N#Cc1ccc(NS(=O)(=O)N2CCCC2)c(Br)c1. The molecular weight excluding hydrogens is 318 g/mol. The van der Waals surface area contributed by atoms with Gasteiger partial charge in [-0.3, -0.25) is 4.72 Å². The van der Waals surface area contributed by atoms with Crippen LogP contribution in [0.5, 0.6) is 0 Å². The fourth-order valence-electron chi connectivity index (χ4n) is 1.80. The molecule has 0 aromatic heterocycles. The van der Waals surface area contributed by atoms with Gasteiger partial charge in [0.25, 0.3) is 0 Å².